The highest BCUT2D eigenvalue weighted by molar-refractivity contribution is 6.45. The van der Waals surface area contributed by atoms with Gasteiger partial charge < -0.3 is 5.32 Å². The van der Waals surface area contributed by atoms with Crippen LogP contribution in [0.1, 0.15) is 31.9 Å². The second-order valence-electron chi connectivity index (χ2n) is 5.59. The summed E-state index contributed by atoms with van der Waals surface area (Å²) in [5.74, 6) is -4.37. The monoisotopic (exact) mass is 353 g/mol. The van der Waals surface area contributed by atoms with E-state index in [4.69, 9.17) is 0 Å². The summed E-state index contributed by atoms with van der Waals surface area (Å²) in [7, 11) is 0. The van der Waals surface area contributed by atoms with Gasteiger partial charge in [0.05, 0.1) is 6.04 Å². The van der Waals surface area contributed by atoms with Gasteiger partial charge in [-0.05, 0) is 19.4 Å². The van der Waals surface area contributed by atoms with Gasteiger partial charge in [0.25, 0.3) is 0 Å². The summed E-state index contributed by atoms with van der Waals surface area (Å²) < 4.78 is 26.6. The molecule has 1 aromatic carbocycles. The molecule has 1 atom stereocenters. The van der Waals surface area contributed by atoms with Gasteiger partial charge in [-0.1, -0.05) is 13.0 Å². The van der Waals surface area contributed by atoms with Gasteiger partial charge in [0, 0.05) is 18.2 Å². The maximum atomic E-state index is 13.7. The van der Waals surface area contributed by atoms with E-state index in [1.165, 1.54) is 13.0 Å². The van der Waals surface area contributed by atoms with Crippen LogP contribution in [0.5, 0.6) is 0 Å². The Morgan fingerprint density at radius 2 is 1.80 bits per heavy atom. The van der Waals surface area contributed by atoms with Crippen molar-refractivity contribution < 1.29 is 28.0 Å². The zero-order valence-corrected chi connectivity index (χ0v) is 13.7. The van der Waals surface area contributed by atoms with E-state index in [1.54, 1.807) is 6.92 Å². The highest BCUT2D eigenvalue weighted by Gasteiger charge is 2.44. The van der Waals surface area contributed by atoms with Gasteiger partial charge in [-0.25, -0.2) is 18.5 Å². The summed E-state index contributed by atoms with van der Waals surface area (Å²) in [4.78, 5) is 48.9. The van der Waals surface area contributed by atoms with Crippen LogP contribution in [-0.2, 0) is 14.4 Å². The van der Waals surface area contributed by atoms with Crippen LogP contribution in [0.4, 0.5) is 13.6 Å². The SMILES string of the molecule is CCCN1C(=O)C(=O)N(CC(=O)N[C@@H](C)c2ccc(F)cc2F)C1=O. The van der Waals surface area contributed by atoms with Gasteiger partial charge in [-0.2, -0.15) is 0 Å². The molecule has 0 unspecified atom stereocenters. The van der Waals surface area contributed by atoms with Gasteiger partial charge in [-0.3, -0.25) is 19.3 Å². The molecule has 9 heteroatoms. The normalized spacial score (nSPS) is 15.8. The molecule has 0 saturated carbocycles. The minimum atomic E-state index is -1.07. The lowest BCUT2D eigenvalue weighted by molar-refractivity contribution is -0.144. The van der Waals surface area contributed by atoms with Crippen LogP contribution in [0.25, 0.3) is 0 Å². The molecule has 134 valence electrons. The first-order valence-corrected chi connectivity index (χ1v) is 7.67. The van der Waals surface area contributed by atoms with E-state index in [9.17, 15) is 28.0 Å². The predicted octanol–water partition coefficient (Wildman–Crippen LogP) is 1.34. The highest BCUT2D eigenvalue weighted by atomic mass is 19.1. The average Bonchev–Trinajstić information content (AvgIpc) is 2.73. The third-order valence-corrected chi connectivity index (χ3v) is 3.69. The number of hydrogen-bond acceptors (Lipinski definition) is 4. The number of rotatable bonds is 6. The topological polar surface area (TPSA) is 86.8 Å². The Kier molecular flexibility index (Phi) is 5.45. The van der Waals surface area contributed by atoms with E-state index in [0.29, 0.717) is 17.4 Å². The quantitative estimate of drug-likeness (QED) is 0.618. The Morgan fingerprint density at radius 3 is 2.40 bits per heavy atom. The molecule has 0 aromatic heterocycles. The van der Waals surface area contributed by atoms with Crippen molar-refractivity contribution in [3.05, 3.63) is 35.4 Å². The van der Waals surface area contributed by atoms with Crippen molar-refractivity contribution in [2.75, 3.05) is 13.1 Å². The van der Waals surface area contributed by atoms with E-state index in [1.807, 2.05) is 0 Å². The van der Waals surface area contributed by atoms with Crippen molar-refractivity contribution in [1.82, 2.24) is 15.1 Å². The van der Waals surface area contributed by atoms with Crippen LogP contribution in [0.2, 0.25) is 0 Å². The van der Waals surface area contributed by atoms with Crippen molar-refractivity contribution in [2.45, 2.75) is 26.3 Å². The van der Waals surface area contributed by atoms with Crippen LogP contribution < -0.4 is 5.32 Å². The standard InChI is InChI=1S/C16H17F2N3O4/c1-3-6-20-14(23)15(24)21(16(20)25)8-13(22)19-9(2)11-5-4-10(17)7-12(11)18/h4-5,7,9H,3,6,8H2,1-2H3,(H,19,22)/t9-/m0/s1. The van der Waals surface area contributed by atoms with E-state index in [0.717, 1.165) is 11.0 Å². The van der Waals surface area contributed by atoms with E-state index in [2.05, 4.69) is 5.32 Å². The third-order valence-electron chi connectivity index (χ3n) is 3.69. The fraction of sp³-hybridized carbons (Fsp3) is 0.375. The molecular weight excluding hydrogens is 336 g/mol. The van der Waals surface area contributed by atoms with Crippen molar-refractivity contribution >= 4 is 23.8 Å². The van der Waals surface area contributed by atoms with Gasteiger partial charge in [-0.15, -0.1) is 0 Å². The first-order valence-electron chi connectivity index (χ1n) is 7.67. The predicted molar refractivity (Wildman–Crippen MR) is 82.0 cm³/mol. The largest absolute Gasteiger partial charge is 0.348 e. The Bertz CT molecular complexity index is 738. The zero-order valence-electron chi connectivity index (χ0n) is 13.7. The number of halogens is 2. The highest BCUT2D eigenvalue weighted by Crippen LogP contribution is 2.18. The van der Waals surface area contributed by atoms with Gasteiger partial charge in [0.1, 0.15) is 18.2 Å². The van der Waals surface area contributed by atoms with E-state index < -0.39 is 48.0 Å². The fourth-order valence-electron chi connectivity index (χ4n) is 2.47. The maximum Gasteiger partial charge on any atom is 0.334 e. The molecular formula is C16H17F2N3O4. The molecule has 1 aliphatic heterocycles. The number of nitrogens with zero attached hydrogens (tertiary/aromatic N) is 2. The lowest BCUT2D eigenvalue weighted by atomic mass is 10.1. The Labute approximate surface area is 142 Å². The molecule has 1 aliphatic rings. The average molecular weight is 353 g/mol. The number of hydrogen-bond donors (Lipinski definition) is 1. The summed E-state index contributed by atoms with van der Waals surface area (Å²) in [5, 5.41) is 2.41. The van der Waals surface area contributed by atoms with Crippen LogP contribution >= 0.6 is 0 Å². The van der Waals surface area contributed by atoms with E-state index >= 15 is 0 Å². The fourth-order valence-corrected chi connectivity index (χ4v) is 2.47. The summed E-state index contributed by atoms with van der Waals surface area (Å²) in [6, 6.07) is 1.26. The lowest BCUT2D eigenvalue weighted by Crippen LogP contribution is -2.42. The molecule has 25 heavy (non-hydrogen) atoms. The smallest absolute Gasteiger partial charge is 0.334 e. The van der Waals surface area contributed by atoms with Crippen LogP contribution in [-0.4, -0.2) is 46.6 Å². The summed E-state index contributed by atoms with van der Waals surface area (Å²) in [6.07, 6.45) is 0.478. The maximum absolute atomic E-state index is 13.7. The number of carbonyl (C=O) groups excluding carboxylic acids is 4. The summed E-state index contributed by atoms with van der Waals surface area (Å²) >= 11 is 0. The van der Waals surface area contributed by atoms with Crippen LogP contribution in [0.3, 0.4) is 0 Å². The molecule has 1 heterocycles. The van der Waals surface area contributed by atoms with Crippen molar-refractivity contribution in [3.8, 4) is 0 Å². The molecule has 1 N–H and O–H groups in total. The van der Waals surface area contributed by atoms with Crippen LogP contribution in [0.15, 0.2) is 18.2 Å². The molecule has 0 spiro atoms. The molecule has 2 rings (SSSR count). The van der Waals surface area contributed by atoms with Crippen molar-refractivity contribution in [1.29, 1.82) is 0 Å². The molecule has 0 radical (unpaired) electrons. The second-order valence-corrected chi connectivity index (χ2v) is 5.59. The molecule has 1 fully saturated rings. The summed E-state index contributed by atoms with van der Waals surface area (Å²) in [6.45, 7) is 2.63. The van der Waals surface area contributed by atoms with Crippen LogP contribution in [0, 0.1) is 11.6 Å². The Hall–Kier alpha value is -2.84. The minimum absolute atomic E-state index is 0.0533. The Morgan fingerprint density at radius 1 is 1.16 bits per heavy atom. The zero-order chi connectivity index (χ0) is 18.7. The number of imide groups is 2. The van der Waals surface area contributed by atoms with E-state index in [-0.39, 0.29) is 12.1 Å². The number of amides is 5. The molecule has 0 aliphatic carbocycles. The van der Waals surface area contributed by atoms with Gasteiger partial charge in [0.2, 0.25) is 5.91 Å². The number of urea groups is 1. The first kappa shape index (κ1) is 18.5. The number of benzene rings is 1. The Balaban J connectivity index is 2.03. The number of nitrogens with one attached hydrogen (secondary N) is 1. The molecule has 0 bridgehead atoms. The third kappa shape index (κ3) is 3.81. The van der Waals surface area contributed by atoms with Crippen molar-refractivity contribution in [3.63, 3.8) is 0 Å². The molecule has 7 nitrogen and oxygen atoms in total. The second kappa shape index (κ2) is 7.37. The summed E-state index contributed by atoms with van der Waals surface area (Å²) in [5.41, 5.74) is 0.0533. The molecule has 5 amide bonds. The van der Waals surface area contributed by atoms with Gasteiger partial charge >= 0.3 is 17.8 Å². The lowest BCUT2D eigenvalue weighted by Gasteiger charge is -2.18. The van der Waals surface area contributed by atoms with Crippen molar-refractivity contribution in [2.24, 2.45) is 0 Å². The molecule has 1 aromatic rings. The minimum Gasteiger partial charge on any atom is -0.348 e. The van der Waals surface area contributed by atoms with Gasteiger partial charge in [0.15, 0.2) is 0 Å². The number of carbonyl (C=O) groups is 4. The molecule has 1 saturated heterocycles. The first-order chi connectivity index (χ1) is 11.8.